The summed E-state index contributed by atoms with van der Waals surface area (Å²) in [5.41, 5.74) is 1.16. The fraction of sp³-hybridized carbons (Fsp3) is 0.706. The van der Waals surface area contributed by atoms with Gasteiger partial charge in [-0.3, -0.25) is 10.00 Å². The number of unbranched alkanes of at least 4 members (excludes halogenated alkanes) is 1. The summed E-state index contributed by atoms with van der Waals surface area (Å²) in [5.74, 6) is 0.560. The summed E-state index contributed by atoms with van der Waals surface area (Å²) in [6.07, 6.45) is 1.53. The number of carbonyl (C=O) groups is 2. The van der Waals surface area contributed by atoms with E-state index in [0.717, 1.165) is 24.1 Å². The lowest BCUT2D eigenvalue weighted by Crippen LogP contribution is -2.40. The van der Waals surface area contributed by atoms with E-state index >= 15 is 0 Å². The molecule has 1 N–H and O–H groups in total. The number of rotatable bonds is 4. The molecule has 2 amide bonds. The second kappa shape index (κ2) is 7.76. The van der Waals surface area contributed by atoms with E-state index in [9.17, 15) is 9.59 Å². The van der Waals surface area contributed by atoms with E-state index in [4.69, 9.17) is 9.47 Å². The fourth-order valence-electron chi connectivity index (χ4n) is 2.58. The van der Waals surface area contributed by atoms with Crippen LogP contribution < -0.4 is 5.32 Å². The molecule has 0 spiro atoms. The van der Waals surface area contributed by atoms with Crippen LogP contribution in [0.1, 0.15) is 51.8 Å². The van der Waals surface area contributed by atoms with Crippen LogP contribution in [-0.2, 0) is 29.5 Å². The van der Waals surface area contributed by atoms with Crippen molar-refractivity contribution in [3.8, 4) is 0 Å². The lowest BCUT2D eigenvalue weighted by atomic mass is 10.1. The van der Waals surface area contributed by atoms with Crippen LogP contribution >= 0.6 is 0 Å². The van der Waals surface area contributed by atoms with Crippen LogP contribution in [0.5, 0.6) is 0 Å². The molecular weight excluding hydrogens is 324 g/mol. The zero-order valence-corrected chi connectivity index (χ0v) is 15.7. The molecule has 8 nitrogen and oxygen atoms in total. The minimum Gasteiger partial charge on any atom is -0.449 e. The quantitative estimate of drug-likeness (QED) is 0.842. The van der Waals surface area contributed by atoms with Gasteiger partial charge in [0.1, 0.15) is 11.4 Å². The van der Waals surface area contributed by atoms with Crippen molar-refractivity contribution in [1.29, 1.82) is 0 Å². The number of carbonyl (C=O) groups excluding carboxylic acids is 2. The largest absolute Gasteiger partial charge is 0.449 e. The first-order chi connectivity index (χ1) is 11.7. The molecule has 0 saturated heterocycles. The number of aromatic nitrogens is 2. The van der Waals surface area contributed by atoms with Crippen LogP contribution in [0, 0.1) is 0 Å². The summed E-state index contributed by atoms with van der Waals surface area (Å²) in [6.45, 7) is 8.81. The monoisotopic (exact) mass is 352 g/mol. The SMILES string of the molecule is CCCCOC(=O)Nc1c2c(nn1C)CCN(C(=O)OC(C)(C)C)C2. The summed E-state index contributed by atoms with van der Waals surface area (Å²) in [7, 11) is 1.76. The number of anilines is 1. The maximum atomic E-state index is 12.3. The van der Waals surface area contributed by atoms with E-state index in [2.05, 4.69) is 10.4 Å². The molecule has 0 aromatic carbocycles. The number of aryl methyl sites for hydroxylation is 1. The average Bonchev–Trinajstić information content (AvgIpc) is 2.81. The molecule has 2 heterocycles. The molecule has 8 heteroatoms. The minimum atomic E-state index is -0.545. The van der Waals surface area contributed by atoms with E-state index in [1.807, 2.05) is 27.7 Å². The lowest BCUT2D eigenvalue weighted by Gasteiger charge is -2.29. The van der Waals surface area contributed by atoms with Crippen molar-refractivity contribution < 1.29 is 19.1 Å². The summed E-state index contributed by atoms with van der Waals surface area (Å²) < 4.78 is 12.2. The lowest BCUT2D eigenvalue weighted by molar-refractivity contribution is 0.0224. The second-order valence-corrected chi connectivity index (χ2v) is 7.16. The maximum absolute atomic E-state index is 12.3. The van der Waals surface area contributed by atoms with Crippen molar-refractivity contribution in [3.05, 3.63) is 11.3 Å². The first kappa shape index (κ1) is 19.1. The first-order valence-corrected chi connectivity index (χ1v) is 8.67. The molecule has 140 valence electrons. The van der Waals surface area contributed by atoms with E-state index in [1.165, 1.54) is 0 Å². The third-order valence-electron chi connectivity index (χ3n) is 3.80. The van der Waals surface area contributed by atoms with Crippen molar-refractivity contribution in [2.45, 2.75) is 59.1 Å². The Morgan fingerprint density at radius 1 is 1.32 bits per heavy atom. The molecule has 2 rings (SSSR count). The van der Waals surface area contributed by atoms with Crippen LogP contribution in [0.25, 0.3) is 0 Å². The normalized spacial score (nSPS) is 14.0. The molecule has 1 aromatic rings. The standard InChI is InChI=1S/C17H28N4O4/c1-6-7-10-24-15(22)18-14-12-11-21(16(23)25-17(2,3)4)9-8-13(12)19-20(14)5/h6-11H2,1-5H3,(H,18,22). The maximum Gasteiger partial charge on any atom is 0.412 e. The fourth-order valence-corrected chi connectivity index (χ4v) is 2.58. The highest BCUT2D eigenvalue weighted by Gasteiger charge is 2.30. The van der Waals surface area contributed by atoms with Crippen molar-refractivity contribution in [2.75, 3.05) is 18.5 Å². The van der Waals surface area contributed by atoms with Crippen LogP contribution in [0.4, 0.5) is 15.4 Å². The van der Waals surface area contributed by atoms with Crippen LogP contribution in [0.2, 0.25) is 0 Å². The van der Waals surface area contributed by atoms with Gasteiger partial charge in [-0.2, -0.15) is 5.10 Å². The van der Waals surface area contributed by atoms with Gasteiger partial charge in [0.05, 0.1) is 18.8 Å². The predicted molar refractivity (Wildman–Crippen MR) is 93.4 cm³/mol. The van der Waals surface area contributed by atoms with E-state index < -0.39 is 11.7 Å². The molecule has 0 fully saturated rings. The van der Waals surface area contributed by atoms with Crippen molar-refractivity contribution in [3.63, 3.8) is 0 Å². The number of amides is 2. The Morgan fingerprint density at radius 3 is 2.68 bits per heavy atom. The Hall–Kier alpha value is -2.25. The summed E-state index contributed by atoms with van der Waals surface area (Å²) in [4.78, 5) is 25.9. The van der Waals surface area contributed by atoms with Gasteiger partial charge in [-0.15, -0.1) is 0 Å². The molecule has 0 saturated carbocycles. The Balaban J connectivity index is 2.07. The van der Waals surface area contributed by atoms with E-state index in [-0.39, 0.29) is 6.09 Å². The summed E-state index contributed by atoms with van der Waals surface area (Å²) in [6, 6.07) is 0. The molecule has 0 radical (unpaired) electrons. The van der Waals surface area contributed by atoms with Gasteiger partial charge >= 0.3 is 12.2 Å². The summed E-state index contributed by atoms with van der Waals surface area (Å²) >= 11 is 0. The number of nitrogens with zero attached hydrogens (tertiary/aromatic N) is 3. The molecule has 0 aliphatic carbocycles. The van der Waals surface area contributed by atoms with Crippen molar-refractivity contribution >= 4 is 18.0 Å². The molecule has 1 aromatic heterocycles. The van der Waals surface area contributed by atoms with Gasteiger partial charge in [0.25, 0.3) is 0 Å². The number of nitrogens with one attached hydrogen (secondary N) is 1. The predicted octanol–water partition coefficient (Wildman–Crippen LogP) is 3.06. The van der Waals surface area contributed by atoms with Crippen LogP contribution in [0.3, 0.4) is 0 Å². The Bertz CT molecular complexity index is 633. The number of hydrogen-bond acceptors (Lipinski definition) is 5. The Labute approximate surface area is 148 Å². The van der Waals surface area contributed by atoms with Crippen LogP contribution in [0.15, 0.2) is 0 Å². The van der Waals surface area contributed by atoms with Crippen molar-refractivity contribution in [1.82, 2.24) is 14.7 Å². The highest BCUT2D eigenvalue weighted by Crippen LogP contribution is 2.27. The van der Waals surface area contributed by atoms with E-state index in [0.29, 0.717) is 31.9 Å². The van der Waals surface area contributed by atoms with Gasteiger partial charge in [0.2, 0.25) is 0 Å². The Morgan fingerprint density at radius 2 is 2.04 bits per heavy atom. The molecule has 0 unspecified atom stereocenters. The number of ether oxygens (including phenoxy) is 2. The Kier molecular flexibility index (Phi) is 5.92. The molecular formula is C17H28N4O4. The smallest absolute Gasteiger partial charge is 0.412 e. The topological polar surface area (TPSA) is 85.7 Å². The van der Waals surface area contributed by atoms with Gasteiger partial charge in [-0.05, 0) is 27.2 Å². The van der Waals surface area contributed by atoms with Gasteiger partial charge in [-0.1, -0.05) is 13.3 Å². The molecule has 25 heavy (non-hydrogen) atoms. The zero-order chi connectivity index (χ0) is 18.6. The average molecular weight is 352 g/mol. The second-order valence-electron chi connectivity index (χ2n) is 7.16. The van der Waals surface area contributed by atoms with Crippen LogP contribution in [-0.4, -0.2) is 45.6 Å². The van der Waals surface area contributed by atoms with Gasteiger partial charge < -0.3 is 14.4 Å². The summed E-state index contributed by atoms with van der Waals surface area (Å²) in [5, 5.41) is 7.18. The first-order valence-electron chi connectivity index (χ1n) is 8.67. The van der Waals surface area contributed by atoms with Gasteiger partial charge in [0.15, 0.2) is 0 Å². The molecule has 1 aliphatic heterocycles. The molecule has 0 atom stereocenters. The minimum absolute atomic E-state index is 0.350. The number of fused-ring (bicyclic) bond motifs is 1. The van der Waals surface area contributed by atoms with E-state index in [1.54, 1.807) is 16.6 Å². The zero-order valence-electron chi connectivity index (χ0n) is 15.7. The van der Waals surface area contributed by atoms with Gasteiger partial charge in [-0.25, -0.2) is 9.59 Å². The van der Waals surface area contributed by atoms with Crippen molar-refractivity contribution in [2.24, 2.45) is 7.05 Å². The number of hydrogen-bond donors (Lipinski definition) is 1. The van der Waals surface area contributed by atoms with Gasteiger partial charge in [0, 0.05) is 25.6 Å². The third-order valence-corrected chi connectivity index (χ3v) is 3.80. The highest BCUT2D eigenvalue weighted by molar-refractivity contribution is 5.85. The third kappa shape index (κ3) is 5.11. The molecule has 1 aliphatic rings. The highest BCUT2D eigenvalue weighted by atomic mass is 16.6. The molecule has 0 bridgehead atoms.